The quantitative estimate of drug-likeness (QED) is 0.799. The fourth-order valence-corrected chi connectivity index (χ4v) is 1.08. The molecule has 0 aliphatic heterocycles. The molecule has 0 aliphatic carbocycles. The highest BCUT2D eigenvalue weighted by Crippen LogP contribution is 2.24. The van der Waals surface area contributed by atoms with Crippen LogP contribution in [0.4, 0.5) is 5.69 Å². The van der Waals surface area contributed by atoms with Gasteiger partial charge < -0.3 is 5.73 Å². The molecule has 0 unspecified atom stereocenters. The van der Waals surface area contributed by atoms with Gasteiger partial charge in [-0.2, -0.15) is 15.5 Å². The SMILES string of the molecule is C[C@@H](N)[C@@H](C#N)N=Nc1ccccc1Cl. The lowest BCUT2D eigenvalue weighted by Gasteiger charge is -2.05. The minimum atomic E-state index is -0.638. The number of rotatable bonds is 3. The Kier molecular flexibility index (Phi) is 4.22. The smallest absolute Gasteiger partial charge is 0.172 e. The average molecular weight is 223 g/mol. The molecule has 0 radical (unpaired) electrons. The number of azo groups is 1. The molecule has 0 saturated carbocycles. The second-order valence-electron chi connectivity index (χ2n) is 3.10. The van der Waals surface area contributed by atoms with Crippen LogP contribution in [0.1, 0.15) is 6.92 Å². The number of nitrogens with two attached hydrogens (primary N) is 1. The normalized spacial score (nSPS) is 14.8. The molecule has 1 aromatic rings. The van der Waals surface area contributed by atoms with Crippen LogP contribution in [0, 0.1) is 11.3 Å². The summed E-state index contributed by atoms with van der Waals surface area (Å²) in [6.07, 6.45) is 0. The van der Waals surface area contributed by atoms with Crippen molar-refractivity contribution in [1.82, 2.24) is 0 Å². The Bertz CT molecular complexity index is 395. The van der Waals surface area contributed by atoms with Crippen molar-refractivity contribution < 1.29 is 0 Å². The number of halogens is 1. The van der Waals surface area contributed by atoms with Crippen molar-refractivity contribution >= 4 is 17.3 Å². The molecule has 0 bridgehead atoms. The third-order valence-corrected chi connectivity index (χ3v) is 2.09. The van der Waals surface area contributed by atoms with Gasteiger partial charge in [0.15, 0.2) is 6.04 Å². The Morgan fingerprint density at radius 1 is 1.47 bits per heavy atom. The lowest BCUT2D eigenvalue weighted by atomic mass is 10.2. The van der Waals surface area contributed by atoms with E-state index < -0.39 is 6.04 Å². The largest absolute Gasteiger partial charge is 0.325 e. The molecule has 15 heavy (non-hydrogen) atoms. The molecule has 78 valence electrons. The van der Waals surface area contributed by atoms with E-state index in [-0.39, 0.29) is 6.04 Å². The van der Waals surface area contributed by atoms with E-state index in [1.165, 1.54) is 0 Å². The monoisotopic (exact) mass is 222 g/mol. The van der Waals surface area contributed by atoms with Gasteiger partial charge in [0.1, 0.15) is 5.69 Å². The van der Waals surface area contributed by atoms with Crippen LogP contribution in [0.25, 0.3) is 0 Å². The van der Waals surface area contributed by atoms with Crippen LogP contribution in [-0.4, -0.2) is 12.1 Å². The molecule has 5 heteroatoms. The Morgan fingerprint density at radius 3 is 2.67 bits per heavy atom. The Hall–Kier alpha value is -1.44. The van der Waals surface area contributed by atoms with Gasteiger partial charge in [-0.25, -0.2) is 0 Å². The van der Waals surface area contributed by atoms with Crippen molar-refractivity contribution in [3.8, 4) is 6.07 Å². The predicted octanol–water partition coefficient (Wildman–Crippen LogP) is 2.66. The van der Waals surface area contributed by atoms with E-state index in [1.54, 1.807) is 31.2 Å². The summed E-state index contributed by atoms with van der Waals surface area (Å²) in [7, 11) is 0. The van der Waals surface area contributed by atoms with E-state index in [9.17, 15) is 0 Å². The first kappa shape index (κ1) is 11.6. The minimum absolute atomic E-state index is 0.346. The van der Waals surface area contributed by atoms with E-state index >= 15 is 0 Å². The molecule has 2 atom stereocenters. The lowest BCUT2D eigenvalue weighted by Crippen LogP contribution is -2.28. The van der Waals surface area contributed by atoms with Crippen LogP contribution < -0.4 is 5.73 Å². The zero-order valence-electron chi connectivity index (χ0n) is 8.26. The Morgan fingerprint density at radius 2 is 2.13 bits per heavy atom. The minimum Gasteiger partial charge on any atom is -0.325 e. The van der Waals surface area contributed by atoms with Gasteiger partial charge in [0.05, 0.1) is 11.1 Å². The van der Waals surface area contributed by atoms with Gasteiger partial charge in [-0.1, -0.05) is 23.7 Å². The molecule has 0 spiro atoms. The van der Waals surface area contributed by atoms with Crippen LogP contribution in [0.5, 0.6) is 0 Å². The number of nitrogens with zero attached hydrogens (tertiary/aromatic N) is 3. The van der Waals surface area contributed by atoms with Gasteiger partial charge >= 0.3 is 0 Å². The Balaban J connectivity index is 2.82. The van der Waals surface area contributed by atoms with Crippen molar-refractivity contribution in [3.63, 3.8) is 0 Å². The fraction of sp³-hybridized carbons (Fsp3) is 0.300. The number of nitriles is 1. The zero-order chi connectivity index (χ0) is 11.3. The van der Waals surface area contributed by atoms with Crippen LogP contribution in [0.3, 0.4) is 0 Å². The maximum Gasteiger partial charge on any atom is 0.172 e. The molecule has 0 heterocycles. The van der Waals surface area contributed by atoms with Crippen molar-refractivity contribution in [2.24, 2.45) is 16.0 Å². The summed E-state index contributed by atoms with van der Waals surface area (Å²) in [6, 6.07) is 8.01. The van der Waals surface area contributed by atoms with E-state index in [4.69, 9.17) is 22.6 Å². The van der Waals surface area contributed by atoms with Crippen LogP contribution in [0.15, 0.2) is 34.5 Å². The maximum atomic E-state index is 8.73. The highest BCUT2D eigenvalue weighted by atomic mass is 35.5. The lowest BCUT2D eigenvalue weighted by molar-refractivity contribution is 0.639. The first-order valence-electron chi connectivity index (χ1n) is 4.45. The molecule has 0 amide bonds. The second kappa shape index (κ2) is 5.44. The number of hydrogen-bond acceptors (Lipinski definition) is 4. The molecule has 1 aromatic carbocycles. The van der Waals surface area contributed by atoms with E-state index in [1.807, 2.05) is 6.07 Å². The van der Waals surface area contributed by atoms with Crippen molar-refractivity contribution in [3.05, 3.63) is 29.3 Å². The summed E-state index contributed by atoms with van der Waals surface area (Å²) < 4.78 is 0. The van der Waals surface area contributed by atoms with Crippen molar-refractivity contribution in [2.45, 2.75) is 19.0 Å². The molecular weight excluding hydrogens is 212 g/mol. The summed E-state index contributed by atoms with van der Waals surface area (Å²) in [5, 5.41) is 16.9. The van der Waals surface area contributed by atoms with Gasteiger partial charge in [0, 0.05) is 6.04 Å². The topological polar surface area (TPSA) is 74.5 Å². The molecule has 0 fully saturated rings. The molecule has 0 aliphatic rings. The van der Waals surface area contributed by atoms with E-state index in [2.05, 4.69) is 10.2 Å². The van der Waals surface area contributed by atoms with Crippen LogP contribution in [0.2, 0.25) is 5.02 Å². The van der Waals surface area contributed by atoms with Crippen molar-refractivity contribution in [2.75, 3.05) is 0 Å². The molecule has 0 aromatic heterocycles. The molecule has 0 saturated heterocycles. The van der Waals surface area contributed by atoms with Gasteiger partial charge in [-0.05, 0) is 19.1 Å². The summed E-state index contributed by atoms with van der Waals surface area (Å²) >= 11 is 5.86. The first-order chi connectivity index (χ1) is 7.15. The molecule has 2 N–H and O–H groups in total. The average Bonchev–Trinajstić information content (AvgIpc) is 2.21. The van der Waals surface area contributed by atoms with Crippen molar-refractivity contribution in [1.29, 1.82) is 5.26 Å². The van der Waals surface area contributed by atoms with Gasteiger partial charge in [0.2, 0.25) is 0 Å². The number of hydrogen-bond donors (Lipinski definition) is 1. The molecule has 4 nitrogen and oxygen atoms in total. The van der Waals surface area contributed by atoms with Gasteiger partial charge in [0.25, 0.3) is 0 Å². The van der Waals surface area contributed by atoms with Crippen LogP contribution in [-0.2, 0) is 0 Å². The second-order valence-corrected chi connectivity index (χ2v) is 3.51. The fourth-order valence-electron chi connectivity index (χ4n) is 0.906. The highest BCUT2D eigenvalue weighted by molar-refractivity contribution is 6.32. The summed E-state index contributed by atoms with van der Waals surface area (Å²) in [6.45, 7) is 1.71. The summed E-state index contributed by atoms with van der Waals surface area (Å²) in [4.78, 5) is 0. The zero-order valence-corrected chi connectivity index (χ0v) is 9.02. The summed E-state index contributed by atoms with van der Waals surface area (Å²) in [5.41, 5.74) is 6.08. The predicted molar refractivity (Wildman–Crippen MR) is 59.0 cm³/mol. The van der Waals surface area contributed by atoms with E-state index in [0.717, 1.165) is 0 Å². The number of benzene rings is 1. The third kappa shape index (κ3) is 3.31. The van der Waals surface area contributed by atoms with Crippen LogP contribution >= 0.6 is 11.6 Å². The maximum absolute atomic E-state index is 8.73. The van der Waals surface area contributed by atoms with Gasteiger partial charge in [-0.15, -0.1) is 0 Å². The highest BCUT2D eigenvalue weighted by Gasteiger charge is 2.10. The van der Waals surface area contributed by atoms with Gasteiger partial charge in [-0.3, -0.25) is 0 Å². The standard InChI is InChI=1S/C10H11ClN4/c1-7(13)10(6-12)15-14-9-5-3-2-4-8(9)11/h2-5,7,10H,13H2,1H3/t7-,10-/m1/s1. The molecular formula is C10H11ClN4. The van der Waals surface area contributed by atoms with E-state index in [0.29, 0.717) is 10.7 Å². The molecule has 1 rings (SSSR count). The summed E-state index contributed by atoms with van der Waals surface area (Å²) in [5.74, 6) is 0. The third-order valence-electron chi connectivity index (χ3n) is 1.77. The first-order valence-corrected chi connectivity index (χ1v) is 4.83. The Labute approximate surface area is 93.4 Å².